The Morgan fingerprint density at radius 2 is 1.94 bits per heavy atom. The molecule has 1 aromatic rings. The Labute approximate surface area is 107 Å². The average Bonchev–Trinajstić information content (AvgIpc) is 2.37. The van der Waals surface area contributed by atoms with Gasteiger partial charge >= 0.3 is 0 Å². The van der Waals surface area contributed by atoms with Gasteiger partial charge in [-0.15, -0.1) is 0 Å². The predicted molar refractivity (Wildman–Crippen MR) is 68.4 cm³/mol. The molecule has 1 aromatic carbocycles. The molecule has 1 unspecified atom stereocenters. The van der Waals surface area contributed by atoms with Crippen LogP contribution >= 0.6 is 0 Å². The molecule has 0 aromatic heterocycles. The molecule has 1 aliphatic heterocycles. The van der Waals surface area contributed by atoms with Crippen molar-refractivity contribution < 1.29 is 18.9 Å². The molecule has 5 nitrogen and oxygen atoms in total. The molecule has 18 heavy (non-hydrogen) atoms. The van der Waals surface area contributed by atoms with E-state index in [1.807, 2.05) is 13.8 Å². The molecule has 100 valence electrons. The first-order valence-corrected chi connectivity index (χ1v) is 6.14. The van der Waals surface area contributed by atoms with Crippen LogP contribution < -0.4 is 19.9 Å². The largest absolute Gasteiger partial charge is 0.486 e. The fourth-order valence-corrected chi connectivity index (χ4v) is 1.72. The van der Waals surface area contributed by atoms with Crippen LogP contribution in [0.4, 0.5) is 5.69 Å². The number of benzene rings is 1. The first kappa shape index (κ1) is 12.8. The lowest BCUT2D eigenvalue weighted by Gasteiger charge is -2.21. The minimum Gasteiger partial charge on any atom is -0.486 e. The molecular formula is C13H19NO4. The zero-order valence-electron chi connectivity index (χ0n) is 10.8. The number of ether oxygens (including phenoxy) is 4. The van der Waals surface area contributed by atoms with Gasteiger partial charge in [-0.05, 0) is 13.8 Å². The average molecular weight is 253 g/mol. The van der Waals surface area contributed by atoms with Crippen LogP contribution in [0.15, 0.2) is 12.1 Å². The highest BCUT2D eigenvalue weighted by atomic mass is 16.6. The maximum atomic E-state index is 5.92. The molecule has 0 saturated carbocycles. The van der Waals surface area contributed by atoms with Crippen molar-refractivity contribution in [2.24, 2.45) is 0 Å². The summed E-state index contributed by atoms with van der Waals surface area (Å²) in [6, 6.07) is 3.50. The molecule has 0 radical (unpaired) electrons. The van der Waals surface area contributed by atoms with E-state index < -0.39 is 0 Å². The molecule has 0 saturated heterocycles. The molecule has 1 heterocycles. The smallest absolute Gasteiger partial charge is 0.165 e. The summed E-state index contributed by atoms with van der Waals surface area (Å²) in [7, 11) is 0. The van der Waals surface area contributed by atoms with Gasteiger partial charge in [-0.2, -0.15) is 0 Å². The zero-order chi connectivity index (χ0) is 13.0. The third-order valence-electron chi connectivity index (χ3n) is 2.56. The second kappa shape index (κ2) is 5.82. The van der Waals surface area contributed by atoms with E-state index in [4.69, 9.17) is 24.7 Å². The molecular weight excluding hydrogens is 234 g/mol. The highest BCUT2D eigenvalue weighted by Gasteiger charge is 2.16. The van der Waals surface area contributed by atoms with Gasteiger partial charge in [-0.1, -0.05) is 0 Å². The van der Waals surface area contributed by atoms with E-state index in [0.29, 0.717) is 49.4 Å². The Morgan fingerprint density at radius 1 is 1.28 bits per heavy atom. The van der Waals surface area contributed by atoms with E-state index in [9.17, 15) is 0 Å². The molecule has 0 aliphatic carbocycles. The van der Waals surface area contributed by atoms with Gasteiger partial charge in [0.25, 0.3) is 0 Å². The third kappa shape index (κ3) is 2.98. The van der Waals surface area contributed by atoms with E-state index in [0.717, 1.165) is 0 Å². The molecule has 1 atom stereocenters. The van der Waals surface area contributed by atoms with Crippen molar-refractivity contribution in [3.05, 3.63) is 12.1 Å². The molecule has 2 rings (SSSR count). The van der Waals surface area contributed by atoms with Gasteiger partial charge in [0.2, 0.25) is 0 Å². The topological polar surface area (TPSA) is 62.9 Å². The summed E-state index contributed by atoms with van der Waals surface area (Å²) in [5, 5.41) is 0. The van der Waals surface area contributed by atoms with Crippen molar-refractivity contribution in [2.45, 2.75) is 20.0 Å². The van der Waals surface area contributed by atoms with Gasteiger partial charge in [0.1, 0.15) is 25.1 Å². The number of nitrogen functional groups attached to an aromatic ring is 1. The van der Waals surface area contributed by atoms with Gasteiger partial charge in [0, 0.05) is 18.7 Å². The molecule has 1 aliphatic rings. The predicted octanol–water partition coefficient (Wildman–Crippen LogP) is 1.84. The molecule has 0 fully saturated rings. The lowest BCUT2D eigenvalue weighted by molar-refractivity contribution is 0.0657. The second-order valence-electron chi connectivity index (χ2n) is 4.12. The molecule has 0 bridgehead atoms. The number of anilines is 1. The number of rotatable bonds is 5. The summed E-state index contributed by atoms with van der Waals surface area (Å²) in [4.78, 5) is 0. The van der Waals surface area contributed by atoms with Crippen LogP contribution in [-0.4, -0.2) is 32.5 Å². The Balaban J connectivity index is 2.08. The summed E-state index contributed by atoms with van der Waals surface area (Å²) >= 11 is 0. The highest BCUT2D eigenvalue weighted by Crippen LogP contribution is 2.38. The Bertz CT molecular complexity index is 408. The highest BCUT2D eigenvalue weighted by molar-refractivity contribution is 5.62. The van der Waals surface area contributed by atoms with E-state index in [2.05, 4.69) is 0 Å². The van der Waals surface area contributed by atoms with Crippen LogP contribution in [0.2, 0.25) is 0 Å². The summed E-state index contributed by atoms with van der Waals surface area (Å²) in [5.41, 5.74) is 6.46. The Kier molecular flexibility index (Phi) is 4.15. The van der Waals surface area contributed by atoms with Crippen LogP contribution in [0.25, 0.3) is 0 Å². The number of fused-ring (bicyclic) bond motifs is 1. The van der Waals surface area contributed by atoms with Crippen LogP contribution in [-0.2, 0) is 4.74 Å². The molecule has 0 amide bonds. The third-order valence-corrected chi connectivity index (χ3v) is 2.56. The first-order valence-electron chi connectivity index (χ1n) is 6.14. The van der Waals surface area contributed by atoms with Crippen molar-refractivity contribution in [3.63, 3.8) is 0 Å². The SMILES string of the molecule is CCOCC(C)Oc1cc2c(cc1N)OCCO2. The van der Waals surface area contributed by atoms with E-state index in [1.165, 1.54) is 0 Å². The maximum Gasteiger partial charge on any atom is 0.165 e. The van der Waals surface area contributed by atoms with Gasteiger partial charge in [0.15, 0.2) is 11.5 Å². The monoisotopic (exact) mass is 253 g/mol. The van der Waals surface area contributed by atoms with Crippen LogP contribution in [0, 0.1) is 0 Å². The van der Waals surface area contributed by atoms with Crippen LogP contribution in [0.1, 0.15) is 13.8 Å². The van der Waals surface area contributed by atoms with Crippen molar-refractivity contribution in [3.8, 4) is 17.2 Å². The van der Waals surface area contributed by atoms with Crippen LogP contribution in [0.5, 0.6) is 17.2 Å². The van der Waals surface area contributed by atoms with Crippen molar-refractivity contribution in [1.29, 1.82) is 0 Å². The van der Waals surface area contributed by atoms with E-state index in [1.54, 1.807) is 12.1 Å². The summed E-state index contributed by atoms with van der Waals surface area (Å²) in [5.74, 6) is 1.95. The van der Waals surface area contributed by atoms with Crippen molar-refractivity contribution in [2.75, 3.05) is 32.2 Å². The van der Waals surface area contributed by atoms with Gasteiger partial charge < -0.3 is 24.7 Å². The summed E-state index contributed by atoms with van der Waals surface area (Å²) < 4.78 is 22.0. The van der Waals surface area contributed by atoms with E-state index in [-0.39, 0.29) is 6.10 Å². The standard InChI is InChI=1S/C13H19NO4/c1-3-15-8-9(2)18-11-7-13-12(6-10(11)14)16-4-5-17-13/h6-7,9H,3-5,8,14H2,1-2H3. The molecule has 0 spiro atoms. The lowest BCUT2D eigenvalue weighted by Crippen LogP contribution is -2.20. The normalized spacial score (nSPS) is 15.2. The molecule has 2 N–H and O–H groups in total. The number of hydrogen-bond donors (Lipinski definition) is 1. The minimum atomic E-state index is -0.0604. The minimum absolute atomic E-state index is 0.0604. The summed E-state index contributed by atoms with van der Waals surface area (Å²) in [6.07, 6.45) is -0.0604. The van der Waals surface area contributed by atoms with Crippen molar-refractivity contribution in [1.82, 2.24) is 0 Å². The fourth-order valence-electron chi connectivity index (χ4n) is 1.72. The summed E-state index contributed by atoms with van der Waals surface area (Å²) in [6.45, 7) is 6.18. The fraction of sp³-hybridized carbons (Fsp3) is 0.538. The maximum absolute atomic E-state index is 5.92. The Hall–Kier alpha value is -1.62. The van der Waals surface area contributed by atoms with Gasteiger partial charge in [-0.3, -0.25) is 0 Å². The van der Waals surface area contributed by atoms with Gasteiger partial charge in [-0.25, -0.2) is 0 Å². The molecule has 5 heteroatoms. The number of nitrogens with two attached hydrogens (primary N) is 1. The first-order chi connectivity index (χ1) is 8.70. The Morgan fingerprint density at radius 3 is 2.61 bits per heavy atom. The second-order valence-corrected chi connectivity index (χ2v) is 4.12. The van der Waals surface area contributed by atoms with Crippen LogP contribution in [0.3, 0.4) is 0 Å². The van der Waals surface area contributed by atoms with Crippen molar-refractivity contribution >= 4 is 5.69 Å². The lowest BCUT2D eigenvalue weighted by atomic mass is 10.2. The number of hydrogen-bond acceptors (Lipinski definition) is 5. The zero-order valence-corrected chi connectivity index (χ0v) is 10.8. The van der Waals surface area contributed by atoms with E-state index >= 15 is 0 Å². The quantitative estimate of drug-likeness (QED) is 0.811. The van der Waals surface area contributed by atoms with Gasteiger partial charge in [0.05, 0.1) is 12.3 Å².